The largest absolute Gasteiger partial charge is 0.436 e. The van der Waals surface area contributed by atoms with Gasteiger partial charge in [-0.3, -0.25) is 10.1 Å². The van der Waals surface area contributed by atoms with Crippen LogP contribution in [0.4, 0.5) is 17.3 Å². The van der Waals surface area contributed by atoms with Crippen molar-refractivity contribution in [2.24, 2.45) is 7.05 Å². The van der Waals surface area contributed by atoms with Gasteiger partial charge in [0, 0.05) is 37.4 Å². The van der Waals surface area contributed by atoms with E-state index in [1.807, 2.05) is 24.3 Å². The molecule has 0 amide bonds. The molecule has 1 saturated heterocycles. The van der Waals surface area contributed by atoms with Crippen LogP contribution in [0.2, 0.25) is 0 Å². The minimum absolute atomic E-state index is 0.165. The zero-order valence-corrected chi connectivity index (χ0v) is 15.9. The lowest BCUT2D eigenvalue weighted by Gasteiger charge is -2.32. The molecule has 0 saturated carbocycles. The Morgan fingerprint density at radius 1 is 1.17 bits per heavy atom. The second-order valence-corrected chi connectivity index (χ2v) is 6.99. The van der Waals surface area contributed by atoms with E-state index in [1.165, 1.54) is 10.7 Å². The molecule has 0 atom stereocenters. The lowest BCUT2D eigenvalue weighted by molar-refractivity contribution is -0.402. The summed E-state index contributed by atoms with van der Waals surface area (Å²) in [5, 5.41) is 18.0. The van der Waals surface area contributed by atoms with Crippen LogP contribution in [0.5, 0.6) is 0 Å². The highest BCUT2D eigenvalue weighted by Crippen LogP contribution is 2.29. The van der Waals surface area contributed by atoms with Crippen molar-refractivity contribution in [2.45, 2.75) is 25.3 Å². The predicted octanol–water partition coefficient (Wildman–Crippen LogP) is 2.87. The molecular formula is C19H21N5O5. The first-order valence-electron chi connectivity index (χ1n) is 9.35. The van der Waals surface area contributed by atoms with E-state index in [4.69, 9.17) is 8.83 Å². The Kier molecular flexibility index (Phi) is 5.07. The summed E-state index contributed by atoms with van der Waals surface area (Å²) < 4.78 is 11.6. The topological polar surface area (TPSA) is 120 Å². The van der Waals surface area contributed by atoms with Gasteiger partial charge in [0.05, 0.1) is 12.6 Å². The number of nitrogens with one attached hydrogen (secondary N) is 1. The van der Waals surface area contributed by atoms with Gasteiger partial charge in [0.2, 0.25) is 5.89 Å². The monoisotopic (exact) mass is 399 g/mol. The molecule has 0 spiro atoms. The number of furan rings is 1. The highest BCUT2D eigenvalue weighted by Gasteiger charge is 2.25. The number of piperidine rings is 1. The second-order valence-electron chi connectivity index (χ2n) is 6.99. The molecule has 1 aromatic carbocycles. The summed E-state index contributed by atoms with van der Waals surface area (Å²) in [6, 6.07) is 10.9. The molecule has 0 unspecified atom stereocenters. The highest BCUT2D eigenvalue weighted by atomic mass is 16.6. The number of hydrogen-bond donors (Lipinski definition) is 1. The third-order valence-corrected chi connectivity index (χ3v) is 5.08. The van der Waals surface area contributed by atoms with Crippen LogP contribution in [0, 0.1) is 10.1 Å². The number of nitrogens with zero attached hydrogens (tertiary/aromatic N) is 4. The fourth-order valence-electron chi connectivity index (χ4n) is 3.45. The van der Waals surface area contributed by atoms with Crippen molar-refractivity contribution in [3.8, 4) is 0 Å². The summed E-state index contributed by atoms with van der Waals surface area (Å²) in [6.07, 6.45) is 1.74. The lowest BCUT2D eigenvalue weighted by atomic mass is 9.96. The van der Waals surface area contributed by atoms with Gasteiger partial charge >= 0.3 is 11.6 Å². The first-order chi connectivity index (χ1) is 14.0. The fourth-order valence-corrected chi connectivity index (χ4v) is 3.45. The number of nitro groups is 1. The Bertz CT molecular complexity index is 1040. The van der Waals surface area contributed by atoms with Crippen LogP contribution in [-0.4, -0.2) is 27.8 Å². The van der Waals surface area contributed by atoms with Crippen molar-refractivity contribution in [3.63, 3.8) is 0 Å². The van der Waals surface area contributed by atoms with Gasteiger partial charge in [-0.05, 0) is 43.2 Å². The van der Waals surface area contributed by atoms with E-state index in [0.29, 0.717) is 18.2 Å². The van der Waals surface area contributed by atoms with Crippen molar-refractivity contribution in [1.29, 1.82) is 0 Å². The van der Waals surface area contributed by atoms with Crippen LogP contribution >= 0.6 is 0 Å². The number of aromatic nitrogens is 2. The molecule has 29 heavy (non-hydrogen) atoms. The quantitative estimate of drug-likeness (QED) is 0.496. The van der Waals surface area contributed by atoms with Crippen molar-refractivity contribution in [3.05, 3.63) is 68.7 Å². The summed E-state index contributed by atoms with van der Waals surface area (Å²) in [5.74, 6) is 0.512. The van der Waals surface area contributed by atoms with E-state index in [2.05, 4.69) is 15.3 Å². The van der Waals surface area contributed by atoms with Crippen molar-refractivity contribution in [2.75, 3.05) is 23.3 Å². The zero-order chi connectivity index (χ0) is 20.4. The van der Waals surface area contributed by atoms with Crippen molar-refractivity contribution in [1.82, 2.24) is 9.78 Å². The number of hydrogen-bond acceptors (Lipinski definition) is 8. The molecule has 2 aromatic heterocycles. The van der Waals surface area contributed by atoms with Gasteiger partial charge in [-0.25, -0.2) is 4.79 Å². The molecule has 0 radical (unpaired) electrons. The van der Waals surface area contributed by atoms with Gasteiger partial charge in [0.15, 0.2) is 0 Å². The third kappa shape index (κ3) is 4.15. The SMILES string of the molecule is Cn1nc(C2CCN(c3ccc(NCc4ccc([N+](=O)[O-])o4)cc3)CC2)oc1=O. The summed E-state index contributed by atoms with van der Waals surface area (Å²) in [5.41, 5.74) is 2.02. The van der Waals surface area contributed by atoms with E-state index in [-0.39, 0.29) is 11.8 Å². The molecule has 10 heteroatoms. The van der Waals surface area contributed by atoms with E-state index in [1.54, 1.807) is 13.1 Å². The van der Waals surface area contributed by atoms with E-state index < -0.39 is 10.7 Å². The van der Waals surface area contributed by atoms with Crippen LogP contribution in [0.1, 0.15) is 30.4 Å². The maximum atomic E-state index is 11.5. The molecule has 0 aliphatic carbocycles. The maximum Gasteiger partial charge on any atom is 0.436 e. The minimum Gasteiger partial charge on any atom is -0.404 e. The first-order valence-corrected chi connectivity index (χ1v) is 9.35. The summed E-state index contributed by atoms with van der Waals surface area (Å²) >= 11 is 0. The van der Waals surface area contributed by atoms with Crippen LogP contribution < -0.4 is 16.0 Å². The van der Waals surface area contributed by atoms with Crippen LogP contribution in [-0.2, 0) is 13.6 Å². The molecule has 10 nitrogen and oxygen atoms in total. The van der Waals surface area contributed by atoms with Crippen molar-refractivity contribution < 1.29 is 13.8 Å². The smallest absolute Gasteiger partial charge is 0.404 e. The van der Waals surface area contributed by atoms with Crippen molar-refractivity contribution >= 4 is 17.3 Å². The fraction of sp³-hybridized carbons (Fsp3) is 0.368. The van der Waals surface area contributed by atoms with Gasteiger partial charge in [-0.2, -0.15) is 4.68 Å². The molecule has 3 aromatic rings. The normalized spacial score (nSPS) is 14.9. The number of aryl methyl sites for hydroxylation is 1. The first kappa shape index (κ1) is 18.8. The molecule has 3 heterocycles. The van der Waals surface area contributed by atoms with Crippen LogP contribution in [0.3, 0.4) is 0 Å². The number of anilines is 2. The maximum absolute atomic E-state index is 11.5. The molecule has 152 valence electrons. The van der Waals surface area contributed by atoms with Gasteiger partial charge in [0.25, 0.3) is 0 Å². The molecule has 1 fully saturated rings. The third-order valence-electron chi connectivity index (χ3n) is 5.08. The Morgan fingerprint density at radius 2 is 1.90 bits per heavy atom. The van der Waals surface area contributed by atoms with Gasteiger partial charge in [0.1, 0.15) is 10.7 Å². The van der Waals surface area contributed by atoms with E-state index in [0.717, 1.165) is 37.3 Å². The molecule has 0 bridgehead atoms. The van der Waals surface area contributed by atoms with Gasteiger partial charge < -0.3 is 19.1 Å². The molecular weight excluding hydrogens is 378 g/mol. The molecule has 4 rings (SSSR count). The number of rotatable bonds is 6. The Labute approximate surface area is 165 Å². The average molecular weight is 399 g/mol. The van der Waals surface area contributed by atoms with Gasteiger partial charge in [-0.15, -0.1) is 5.10 Å². The van der Waals surface area contributed by atoms with Gasteiger partial charge in [-0.1, -0.05) is 0 Å². The summed E-state index contributed by atoms with van der Waals surface area (Å²) in [4.78, 5) is 23.8. The summed E-state index contributed by atoms with van der Waals surface area (Å²) in [6.45, 7) is 2.08. The highest BCUT2D eigenvalue weighted by molar-refractivity contribution is 5.55. The molecule has 1 aliphatic rings. The van der Waals surface area contributed by atoms with Crippen LogP contribution in [0.15, 0.2) is 50.0 Å². The Balaban J connectivity index is 1.31. The molecule has 1 aliphatic heterocycles. The molecule has 1 N–H and O–H groups in total. The predicted molar refractivity (Wildman–Crippen MR) is 105 cm³/mol. The Hall–Kier alpha value is -3.56. The second kappa shape index (κ2) is 7.82. The number of benzene rings is 1. The average Bonchev–Trinajstić information content (AvgIpc) is 3.34. The minimum atomic E-state index is -0.553. The standard InChI is InChI=1S/C19H21N5O5/c1-22-19(25)29-18(21-22)13-8-10-23(11-9-13)15-4-2-14(3-5-15)20-12-16-6-7-17(28-16)24(26)27/h2-7,13,20H,8-12H2,1H3. The van der Waals surface area contributed by atoms with Crippen LogP contribution in [0.25, 0.3) is 0 Å². The summed E-state index contributed by atoms with van der Waals surface area (Å²) in [7, 11) is 1.59. The Morgan fingerprint density at radius 3 is 2.48 bits per heavy atom. The van der Waals surface area contributed by atoms with E-state index >= 15 is 0 Å². The zero-order valence-electron chi connectivity index (χ0n) is 15.9. The van der Waals surface area contributed by atoms with E-state index in [9.17, 15) is 14.9 Å². The lowest BCUT2D eigenvalue weighted by Crippen LogP contribution is -2.32.